The fourth-order valence-corrected chi connectivity index (χ4v) is 0. The second-order valence-electron chi connectivity index (χ2n) is 1.03. The number of aliphatic hydroxyl groups is 1. The van der Waals surface area contributed by atoms with Crippen molar-refractivity contribution < 1.29 is 5.11 Å². The van der Waals surface area contributed by atoms with Gasteiger partial charge >= 0.3 is 0 Å². The molecule has 0 amide bonds. The first kappa shape index (κ1) is 5.53. The average Bonchev–Trinajstić information content (AvgIpc) is 1.38. The summed E-state index contributed by atoms with van der Waals surface area (Å²) in [6.45, 7) is 0. The molecule has 0 saturated carbocycles. The predicted octanol–water partition coefficient (Wildman–Crippen LogP) is -1.40. The lowest BCUT2D eigenvalue weighted by atomic mass is 10.9. The standard InChI is InChI=1S/C2H8OSSi/c3-2(5)1-4/h2-4H,1H2,5H3. The molecule has 32 valence electrons. The van der Waals surface area contributed by atoms with Crippen LogP contribution in [0, 0.1) is 0 Å². The minimum absolute atomic E-state index is 0.113. The third kappa shape index (κ3) is 4.53. The summed E-state index contributed by atoms with van der Waals surface area (Å²) < 4.78 is 0. The molecule has 0 rings (SSSR count). The molecule has 0 aliphatic heterocycles. The maximum absolute atomic E-state index is 8.35. The summed E-state index contributed by atoms with van der Waals surface area (Å²) in [6, 6.07) is 0. The number of thiol groups is 1. The van der Waals surface area contributed by atoms with Crippen molar-refractivity contribution >= 4 is 22.9 Å². The Kier molecular flexibility index (Phi) is 3.04. The van der Waals surface area contributed by atoms with E-state index >= 15 is 0 Å². The largest absolute Gasteiger partial charge is 0.397 e. The van der Waals surface area contributed by atoms with Crippen LogP contribution in [0.25, 0.3) is 0 Å². The first-order valence-electron chi connectivity index (χ1n) is 1.56. The van der Waals surface area contributed by atoms with Crippen LogP contribution in [-0.4, -0.2) is 26.8 Å². The number of hydrogen-bond acceptors (Lipinski definition) is 2. The molecule has 0 aliphatic carbocycles. The van der Waals surface area contributed by atoms with Crippen LogP contribution in [0.3, 0.4) is 0 Å². The molecule has 0 fully saturated rings. The predicted molar refractivity (Wildman–Crippen MR) is 29.8 cm³/mol. The van der Waals surface area contributed by atoms with Gasteiger partial charge in [-0.25, -0.2) is 0 Å². The zero-order chi connectivity index (χ0) is 4.28. The molecular formula is C2H8OSSi. The van der Waals surface area contributed by atoms with Crippen molar-refractivity contribution in [1.29, 1.82) is 0 Å². The molecule has 1 N–H and O–H groups in total. The number of hydrogen-bond donors (Lipinski definition) is 2. The summed E-state index contributed by atoms with van der Waals surface area (Å²) in [6.07, 6.45) is 0. The van der Waals surface area contributed by atoms with Gasteiger partial charge < -0.3 is 5.11 Å². The lowest BCUT2D eigenvalue weighted by molar-refractivity contribution is 0.281. The summed E-state index contributed by atoms with van der Waals surface area (Å²) >= 11 is 3.80. The van der Waals surface area contributed by atoms with E-state index < -0.39 is 0 Å². The van der Waals surface area contributed by atoms with Crippen LogP contribution in [0.5, 0.6) is 0 Å². The quantitative estimate of drug-likeness (QED) is 0.313. The van der Waals surface area contributed by atoms with Gasteiger partial charge in [-0.05, 0) is 0 Å². The zero-order valence-corrected chi connectivity index (χ0v) is 6.07. The Balaban J connectivity index is 2.54. The van der Waals surface area contributed by atoms with E-state index in [0.717, 1.165) is 10.2 Å². The van der Waals surface area contributed by atoms with E-state index in [1.165, 1.54) is 0 Å². The first-order chi connectivity index (χ1) is 2.27. The first-order valence-corrected chi connectivity index (χ1v) is 3.35. The van der Waals surface area contributed by atoms with E-state index in [1.54, 1.807) is 0 Å². The molecule has 0 radical (unpaired) electrons. The van der Waals surface area contributed by atoms with Gasteiger partial charge in [-0.15, -0.1) is 0 Å². The van der Waals surface area contributed by atoms with Crippen LogP contribution in [0.4, 0.5) is 0 Å². The molecule has 0 spiro atoms. The van der Waals surface area contributed by atoms with E-state index in [1.807, 2.05) is 0 Å². The van der Waals surface area contributed by atoms with E-state index in [2.05, 4.69) is 12.6 Å². The third-order valence-electron chi connectivity index (χ3n) is 0.264. The van der Waals surface area contributed by atoms with Gasteiger partial charge in [-0.3, -0.25) is 0 Å². The topological polar surface area (TPSA) is 20.2 Å². The van der Waals surface area contributed by atoms with Gasteiger partial charge in [0.2, 0.25) is 0 Å². The highest BCUT2D eigenvalue weighted by molar-refractivity contribution is 7.80. The summed E-state index contributed by atoms with van der Waals surface area (Å²) in [7, 11) is 0.849. The van der Waals surface area contributed by atoms with Crippen molar-refractivity contribution in [2.45, 2.75) is 5.73 Å². The maximum Gasteiger partial charge on any atom is 0.0436 e. The molecular weight excluding hydrogens is 100 g/mol. The molecule has 0 saturated heterocycles. The van der Waals surface area contributed by atoms with E-state index in [9.17, 15) is 0 Å². The van der Waals surface area contributed by atoms with Gasteiger partial charge in [0, 0.05) is 21.7 Å². The summed E-state index contributed by atoms with van der Waals surface area (Å²) in [4.78, 5) is 0. The summed E-state index contributed by atoms with van der Waals surface area (Å²) in [5.41, 5.74) is -0.113. The number of aliphatic hydroxyl groups excluding tert-OH is 1. The van der Waals surface area contributed by atoms with Crippen molar-refractivity contribution in [3.05, 3.63) is 0 Å². The molecule has 5 heavy (non-hydrogen) atoms. The second kappa shape index (κ2) is 2.75. The van der Waals surface area contributed by atoms with Gasteiger partial charge in [-0.2, -0.15) is 12.6 Å². The lowest BCUT2D eigenvalue weighted by Crippen LogP contribution is -2.05. The molecule has 0 aromatic heterocycles. The normalized spacial score (nSPS) is 15.6. The monoisotopic (exact) mass is 108 g/mol. The molecule has 0 heterocycles. The van der Waals surface area contributed by atoms with Gasteiger partial charge in [0.1, 0.15) is 0 Å². The third-order valence-corrected chi connectivity index (χ3v) is 1.89. The Bertz CT molecular complexity index is 23.6. The Labute approximate surface area is 40.2 Å². The molecule has 1 atom stereocenters. The van der Waals surface area contributed by atoms with Crippen molar-refractivity contribution in [3.8, 4) is 0 Å². The van der Waals surface area contributed by atoms with Crippen LogP contribution in [0.15, 0.2) is 0 Å². The highest BCUT2D eigenvalue weighted by atomic mass is 32.1. The summed E-state index contributed by atoms with van der Waals surface area (Å²) in [5, 5.41) is 8.35. The molecule has 0 aromatic carbocycles. The van der Waals surface area contributed by atoms with Gasteiger partial charge in [0.05, 0.1) is 0 Å². The van der Waals surface area contributed by atoms with Gasteiger partial charge in [0.25, 0.3) is 0 Å². The highest BCUT2D eigenvalue weighted by Gasteiger charge is 1.82. The van der Waals surface area contributed by atoms with Crippen molar-refractivity contribution in [1.82, 2.24) is 0 Å². The van der Waals surface area contributed by atoms with Crippen molar-refractivity contribution in [2.75, 3.05) is 5.75 Å². The Morgan fingerprint density at radius 3 is 2.20 bits per heavy atom. The van der Waals surface area contributed by atoms with E-state index in [4.69, 9.17) is 5.11 Å². The fourth-order valence-electron chi connectivity index (χ4n) is 0. The Morgan fingerprint density at radius 1 is 2.00 bits per heavy atom. The van der Waals surface area contributed by atoms with Crippen LogP contribution in [0.2, 0.25) is 0 Å². The highest BCUT2D eigenvalue weighted by Crippen LogP contribution is 1.74. The Hall–Kier alpha value is 0.527. The molecule has 1 nitrogen and oxygen atoms in total. The van der Waals surface area contributed by atoms with Crippen LogP contribution in [-0.2, 0) is 0 Å². The Morgan fingerprint density at radius 2 is 2.20 bits per heavy atom. The van der Waals surface area contributed by atoms with Crippen LogP contribution < -0.4 is 0 Å². The van der Waals surface area contributed by atoms with Gasteiger partial charge in [0.15, 0.2) is 0 Å². The van der Waals surface area contributed by atoms with E-state index in [0.29, 0.717) is 5.75 Å². The molecule has 0 aromatic rings. The van der Waals surface area contributed by atoms with Crippen LogP contribution >= 0.6 is 12.6 Å². The van der Waals surface area contributed by atoms with Crippen LogP contribution in [0.1, 0.15) is 0 Å². The minimum Gasteiger partial charge on any atom is -0.397 e. The maximum atomic E-state index is 8.35. The lowest BCUT2D eigenvalue weighted by Gasteiger charge is -1.89. The average molecular weight is 108 g/mol. The zero-order valence-electron chi connectivity index (χ0n) is 3.18. The molecule has 1 unspecified atom stereocenters. The molecule has 0 aliphatic rings. The van der Waals surface area contributed by atoms with E-state index in [-0.39, 0.29) is 5.73 Å². The van der Waals surface area contributed by atoms with Gasteiger partial charge in [-0.1, -0.05) is 0 Å². The smallest absolute Gasteiger partial charge is 0.0436 e. The number of rotatable bonds is 1. The van der Waals surface area contributed by atoms with Crippen molar-refractivity contribution in [3.63, 3.8) is 0 Å². The molecule has 0 bridgehead atoms. The fraction of sp³-hybridized carbons (Fsp3) is 1.00. The second-order valence-corrected chi connectivity index (χ2v) is 2.73. The van der Waals surface area contributed by atoms with Crippen molar-refractivity contribution in [2.24, 2.45) is 0 Å². The minimum atomic E-state index is -0.113. The summed E-state index contributed by atoms with van der Waals surface area (Å²) in [5.74, 6) is 0.617. The SMILES string of the molecule is OC([SiH3])CS. The molecule has 3 heteroatoms.